The molecule has 0 fully saturated rings. The van der Waals surface area contributed by atoms with Crippen LogP contribution in [-0.4, -0.2) is 50.8 Å². The van der Waals surface area contributed by atoms with Crippen molar-refractivity contribution in [3.63, 3.8) is 0 Å². The summed E-state index contributed by atoms with van der Waals surface area (Å²) in [5.74, 6) is -0.569. The van der Waals surface area contributed by atoms with Gasteiger partial charge in [-0.15, -0.1) is 5.10 Å². The van der Waals surface area contributed by atoms with Crippen molar-refractivity contribution in [3.8, 4) is 0 Å². The van der Waals surface area contributed by atoms with Crippen LogP contribution in [0, 0.1) is 6.92 Å². The molecule has 216 valence electrons. The summed E-state index contributed by atoms with van der Waals surface area (Å²) in [6, 6.07) is 29.9. The third-order valence-electron chi connectivity index (χ3n) is 7.75. The van der Waals surface area contributed by atoms with Crippen LogP contribution in [0.1, 0.15) is 22.7 Å². The van der Waals surface area contributed by atoms with Crippen molar-refractivity contribution in [2.45, 2.75) is 26.1 Å². The predicted molar refractivity (Wildman–Crippen MR) is 170 cm³/mol. The maximum Gasteiger partial charge on any atom is 0.251 e. The molecule has 0 aliphatic heterocycles. The lowest BCUT2D eigenvalue weighted by Gasteiger charge is -2.32. The van der Waals surface area contributed by atoms with E-state index in [1.165, 1.54) is 0 Å². The Morgan fingerprint density at radius 2 is 1.63 bits per heavy atom. The molecular formula is C34H33N7O2. The number of anilines is 2. The fourth-order valence-electron chi connectivity index (χ4n) is 5.37. The molecule has 9 heteroatoms. The Kier molecular flexibility index (Phi) is 7.61. The van der Waals surface area contributed by atoms with E-state index < -0.39 is 6.04 Å². The zero-order chi connectivity index (χ0) is 29.9. The molecule has 2 amide bonds. The van der Waals surface area contributed by atoms with Gasteiger partial charge in [0.25, 0.3) is 5.91 Å². The van der Waals surface area contributed by atoms with Crippen LogP contribution >= 0.6 is 0 Å². The largest absolute Gasteiger partial charge is 0.378 e. The van der Waals surface area contributed by atoms with Gasteiger partial charge in [0.1, 0.15) is 18.1 Å². The van der Waals surface area contributed by atoms with E-state index in [1.807, 2.05) is 129 Å². The molecule has 0 aliphatic carbocycles. The van der Waals surface area contributed by atoms with Crippen LogP contribution in [0.25, 0.3) is 21.9 Å². The molecule has 1 atom stereocenters. The Morgan fingerprint density at radius 1 is 0.907 bits per heavy atom. The number of nitrogens with zero attached hydrogens (tertiary/aromatic N) is 5. The number of hydrogen-bond donors (Lipinski definition) is 2. The SMILES string of the molecule is Cc1ccccc1CN(C(=O)Cn1nnc2ccccc21)C(C(=O)Nc1ccc(N(C)C)cc1)c1c[nH]c2ccccc12. The van der Waals surface area contributed by atoms with E-state index in [2.05, 4.69) is 20.6 Å². The minimum absolute atomic E-state index is 0.0734. The lowest BCUT2D eigenvalue weighted by atomic mass is 10.0. The first-order chi connectivity index (χ1) is 20.9. The maximum atomic E-state index is 14.4. The van der Waals surface area contributed by atoms with Crippen LogP contribution in [0.4, 0.5) is 11.4 Å². The van der Waals surface area contributed by atoms with Crippen LogP contribution < -0.4 is 10.2 Å². The number of benzene rings is 4. The van der Waals surface area contributed by atoms with E-state index in [0.717, 1.165) is 33.2 Å². The van der Waals surface area contributed by atoms with Gasteiger partial charge in [-0.1, -0.05) is 59.8 Å². The highest BCUT2D eigenvalue weighted by molar-refractivity contribution is 6.01. The van der Waals surface area contributed by atoms with Crippen molar-refractivity contribution in [2.24, 2.45) is 0 Å². The van der Waals surface area contributed by atoms with Crippen molar-refractivity contribution in [1.29, 1.82) is 0 Å². The van der Waals surface area contributed by atoms with E-state index >= 15 is 0 Å². The van der Waals surface area contributed by atoms with E-state index in [0.29, 0.717) is 16.8 Å². The zero-order valence-electron chi connectivity index (χ0n) is 24.4. The number of rotatable bonds is 9. The summed E-state index contributed by atoms with van der Waals surface area (Å²) in [6.07, 6.45) is 1.83. The molecule has 6 rings (SSSR count). The van der Waals surface area contributed by atoms with Gasteiger partial charge in [-0.25, -0.2) is 4.68 Å². The normalized spacial score (nSPS) is 11.9. The number of para-hydroxylation sites is 2. The van der Waals surface area contributed by atoms with E-state index in [1.54, 1.807) is 9.58 Å². The van der Waals surface area contributed by atoms with E-state index in [4.69, 9.17) is 0 Å². The average Bonchev–Trinajstić information content (AvgIpc) is 3.62. The Balaban J connectivity index is 1.44. The second kappa shape index (κ2) is 11.8. The molecule has 0 radical (unpaired) electrons. The molecule has 1 unspecified atom stereocenters. The molecular weight excluding hydrogens is 538 g/mol. The second-order valence-electron chi connectivity index (χ2n) is 10.8. The maximum absolute atomic E-state index is 14.4. The zero-order valence-corrected chi connectivity index (χ0v) is 24.4. The van der Waals surface area contributed by atoms with Gasteiger partial charge in [0.15, 0.2) is 0 Å². The number of aromatic nitrogens is 4. The van der Waals surface area contributed by atoms with Gasteiger partial charge >= 0.3 is 0 Å². The molecule has 2 heterocycles. The molecule has 9 nitrogen and oxygen atoms in total. The van der Waals surface area contributed by atoms with Crippen molar-refractivity contribution in [3.05, 3.63) is 120 Å². The number of carbonyl (C=O) groups is 2. The van der Waals surface area contributed by atoms with Crippen molar-refractivity contribution < 1.29 is 9.59 Å². The molecule has 0 saturated heterocycles. The Labute approximate surface area is 249 Å². The number of nitrogens with one attached hydrogen (secondary N) is 2. The fraction of sp³-hybridized carbons (Fsp3) is 0.176. The third kappa shape index (κ3) is 5.70. The predicted octanol–water partition coefficient (Wildman–Crippen LogP) is 5.70. The van der Waals surface area contributed by atoms with E-state index in [9.17, 15) is 9.59 Å². The van der Waals surface area contributed by atoms with E-state index in [-0.39, 0.29) is 24.9 Å². The number of hydrogen-bond acceptors (Lipinski definition) is 5. The lowest BCUT2D eigenvalue weighted by molar-refractivity contribution is -0.140. The van der Waals surface area contributed by atoms with Gasteiger partial charge in [-0.3, -0.25) is 9.59 Å². The number of aryl methyl sites for hydroxylation is 1. The highest BCUT2D eigenvalue weighted by Gasteiger charge is 2.34. The number of carbonyl (C=O) groups excluding carboxylic acids is 2. The van der Waals surface area contributed by atoms with Gasteiger partial charge in [0.05, 0.1) is 5.52 Å². The number of aromatic amines is 1. The van der Waals surface area contributed by atoms with Crippen LogP contribution in [0.15, 0.2) is 103 Å². The lowest BCUT2D eigenvalue weighted by Crippen LogP contribution is -2.42. The quantitative estimate of drug-likeness (QED) is 0.232. The molecule has 4 aromatic carbocycles. The first-order valence-corrected chi connectivity index (χ1v) is 14.2. The van der Waals surface area contributed by atoms with Gasteiger partial charge in [-0.05, 0) is 60.5 Å². The topological polar surface area (TPSA) is 99.2 Å². The highest BCUT2D eigenvalue weighted by atomic mass is 16.2. The second-order valence-corrected chi connectivity index (χ2v) is 10.8. The Bertz CT molecular complexity index is 1910. The summed E-state index contributed by atoms with van der Waals surface area (Å²) in [6.45, 7) is 2.17. The van der Waals surface area contributed by atoms with Crippen LogP contribution in [0.2, 0.25) is 0 Å². The fourth-order valence-corrected chi connectivity index (χ4v) is 5.37. The summed E-state index contributed by atoms with van der Waals surface area (Å²) in [5, 5.41) is 12.4. The minimum atomic E-state index is -0.938. The number of fused-ring (bicyclic) bond motifs is 2. The molecule has 43 heavy (non-hydrogen) atoms. The molecule has 2 aromatic heterocycles. The molecule has 2 N–H and O–H groups in total. The average molecular weight is 572 g/mol. The number of amides is 2. The highest BCUT2D eigenvalue weighted by Crippen LogP contribution is 2.32. The van der Waals surface area contributed by atoms with Crippen molar-refractivity contribution in [1.82, 2.24) is 24.9 Å². The van der Waals surface area contributed by atoms with Crippen molar-refractivity contribution in [2.75, 3.05) is 24.3 Å². The summed E-state index contributed by atoms with van der Waals surface area (Å²) in [7, 11) is 3.93. The molecule has 0 spiro atoms. The third-order valence-corrected chi connectivity index (χ3v) is 7.75. The van der Waals surface area contributed by atoms with Gasteiger partial charge in [0.2, 0.25) is 5.91 Å². The summed E-state index contributed by atoms with van der Waals surface area (Å²) < 4.78 is 1.59. The summed E-state index contributed by atoms with van der Waals surface area (Å²) in [5.41, 5.74) is 6.69. The molecule has 0 bridgehead atoms. The summed E-state index contributed by atoms with van der Waals surface area (Å²) >= 11 is 0. The minimum Gasteiger partial charge on any atom is -0.378 e. The monoisotopic (exact) mass is 571 g/mol. The van der Waals surface area contributed by atoms with Crippen molar-refractivity contribution >= 4 is 45.1 Å². The molecule has 6 aromatic rings. The van der Waals surface area contributed by atoms with Crippen LogP contribution in [0.3, 0.4) is 0 Å². The molecule has 0 saturated carbocycles. The van der Waals surface area contributed by atoms with Crippen LogP contribution in [0.5, 0.6) is 0 Å². The Morgan fingerprint density at radius 3 is 2.42 bits per heavy atom. The van der Waals surface area contributed by atoms with Gasteiger partial charge in [-0.2, -0.15) is 0 Å². The smallest absolute Gasteiger partial charge is 0.251 e. The number of H-pyrrole nitrogens is 1. The Hall–Kier alpha value is -5.44. The summed E-state index contributed by atoms with van der Waals surface area (Å²) in [4.78, 5) is 35.6. The van der Waals surface area contributed by atoms with Gasteiger partial charge < -0.3 is 20.1 Å². The first kappa shape index (κ1) is 27.7. The molecule has 0 aliphatic rings. The van der Waals surface area contributed by atoms with Crippen LogP contribution in [-0.2, 0) is 22.7 Å². The first-order valence-electron chi connectivity index (χ1n) is 14.2. The van der Waals surface area contributed by atoms with Gasteiger partial charge in [0, 0.05) is 54.7 Å². The standard InChI is InChI=1S/C34H33N7O2/c1-23-10-4-5-11-24(23)21-40(32(42)22-41-31-15-9-8-14-30(31)37-38-41)33(28-20-35-29-13-7-6-12-27(28)29)34(43)36-25-16-18-26(19-17-25)39(2)3/h4-20,33,35H,21-22H2,1-3H3,(H,36,43).